The van der Waals surface area contributed by atoms with Crippen LogP contribution in [0.4, 0.5) is 17.1 Å². The quantitative estimate of drug-likeness (QED) is 0.413. The van der Waals surface area contributed by atoms with Crippen LogP contribution in [0, 0.1) is 10.1 Å². The molecule has 0 spiro atoms. The largest absolute Gasteiger partial charge is 0.452 e. The zero-order valence-electron chi connectivity index (χ0n) is 17.3. The maximum absolute atomic E-state index is 12.5. The van der Waals surface area contributed by atoms with Crippen molar-refractivity contribution in [2.75, 3.05) is 36.0 Å². The van der Waals surface area contributed by atoms with Gasteiger partial charge >= 0.3 is 5.97 Å². The zero-order chi connectivity index (χ0) is 21.8. The molecule has 0 saturated carbocycles. The molecule has 8 heteroatoms. The van der Waals surface area contributed by atoms with Gasteiger partial charge in [-0.05, 0) is 43.0 Å². The number of benzene rings is 2. The predicted molar refractivity (Wildman–Crippen MR) is 117 cm³/mol. The van der Waals surface area contributed by atoms with E-state index in [1.807, 2.05) is 29.2 Å². The number of nitrogens with zero attached hydrogens (tertiary/aromatic N) is 3. The van der Waals surface area contributed by atoms with Gasteiger partial charge < -0.3 is 14.5 Å². The van der Waals surface area contributed by atoms with Crippen LogP contribution in [0.15, 0.2) is 42.5 Å². The summed E-state index contributed by atoms with van der Waals surface area (Å²) in [7, 11) is 0. The van der Waals surface area contributed by atoms with Gasteiger partial charge in [-0.2, -0.15) is 0 Å². The van der Waals surface area contributed by atoms with Crippen molar-refractivity contribution in [3.63, 3.8) is 0 Å². The summed E-state index contributed by atoms with van der Waals surface area (Å²) in [6.45, 7) is 1.66. The van der Waals surface area contributed by atoms with E-state index in [1.54, 1.807) is 11.0 Å². The van der Waals surface area contributed by atoms with Gasteiger partial charge in [0.2, 0.25) is 0 Å². The van der Waals surface area contributed by atoms with Crippen molar-refractivity contribution in [1.82, 2.24) is 0 Å². The SMILES string of the molecule is O=C(OCC(=O)N1CCc2ccccc21)c1ccc(N2CCCCCC2)c([N+](=O)[O-])c1. The molecule has 31 heavy (non-hydrogen) atoms. The van der Waals surface area contributed by atoms with Crippen LogP contribution in [0.1, 0.15) is 41.6 Å². The van der Waals surface area contributed by atoms with E-state index in [0.29, 0.717) is 12.2 Å². The van der Waals surface area contributed by atoms with Crippen LogP contribution in [0.2, 0.25) is 0 Å². The van der Waals surface area contributed by atoms with Gasteiger partial charge in [0.05, 0.1) is 10.5 Å². The van der Waals surface area contributed by atoms with E-state index in [2.05, 4.69) is 0 Å². The van der Waals surface area contributed by atoms with Gasteiger partial charge in [-0.3, -0.25) is 14.9 Å². The van der Waals surface area contributed by atoms with Gasteiger partial charge in [-0.25, -0.2) is 4.79 Å². The van der Waals surface area contributed by atoms with Gasteiger partial charge in [0.15, 0.2) is 6.61 Å². The molecule has 4 rings (SSSR count). The van der Waals surface area contributed by atoms with E-state index in [4.69, 9.17) is 4.74 Å². The molecule has 2 aliphatic heterocycles. The van der Waals surface area contributed by atoms with Crippen LogP contribution < -0.4 is 9.80 Å². The number of anilines is 2. The summed E-state index contributed by atoms with van der Waals surface area (Å²) in [6, 6.07) is 12.0. The highest BCUT2D eigenvalue weighted by molar-refractivity contribution is 5.98. The van der Waals surface area contributed by atoms with Crippen LogP contribution in [0.5, 0.6) is 0 Å². The second-order valence-corrected chi connectivity index (χ2v) is 7.86. The Labute approximate surface area is 180 Å². The van der Waals surface area contributed by atoms with Crippen molar-refractivity contribution in [1.29, 1.82) is 0 Å². The number of rotatable bonds is 5. The predicted octanol–water partition coefficient (Wildman–Crippen LogP) is 3.72. The van der Waals surface area contributed by atoms with E-state index < -0.39 is 17.5 Å². The number of carbonyl (C=O) groups is 2. The fourth-order valence-corrected chi connectivity index (χ4v) is 4.26. The first-order valence-electron chi connectivity index (χ1n) is 10.6. The van der Waals surface area contributed by atoms with Crippen LogP contribution in [-0.4, -0.2) is 43.0 Å². The fraction of sp³-hybridized carbons (Fsp3) is 0.391. The number of carbonyl (C=O) groups excluding carboxylic acids is 2. The van der Waals surface area contributed by atoms with Gasteiger partial charge in [0.25, 0.3) is 11.6 Å². The molecular weight excluding hydrogens is 398 g/mol. The number of para-hydroxylation sites is 1. The van der Waals surface area contributed by atoms with Crippen LogP contribution in [-0.2, 0) is 16.0 Å². The minimum absolute atomic E-state index is 0.0693. The van der Waals surface area contributed by atoms with E-state index >= 15 is 0 Å². The summed E-state index contributed by atoms with van der Waals surface area (Å²) in [5.41, 5.74) is 2.40. The Kier molecular flexibility index (Phi) is 6.16. The first-order valence-corrected chi connectivity index (χ1v) is 10.6. The molecule has 1 saturated heterocycles. The first kappa shape index (κ1) is 20.8. The van der Waals surface area contributed by atoms with Crippen molar-refractivity contribution in [3.8, 4) is 0 Å². The molecule has 2 aliphatic rings. The number of hydrogen-bond acceptors (Lipinski definition) is 6. The van der Waals surface area contributed by atoms with Crippen molar-refractivity contribution in [3.05, 3.63) is 63.7 Å². The molecule has 2 aromatic rings. The monoisotopic (exact) mass is 423 g/mol. The Morgan fingerprint density at radius 3 is 2.45 bits per heavy atom. The highest BCUT2D eigenvalue weighted by Crippen LogP contribution is 2.31. The average Bonchev–Trinajstić information content (AvgIpc) is 3.03. The zero-order valence-corrected chi connectivity index (χ0v) is 17.3. The third-order valence-corrected chi connectivity index (χ3v) is 5.87. The molecule has 1 amide bonds. The smallest absolute Gasteiger partial charge is 0.338 e. The standard InChI is InChI=1S/C23H25N3O5/c27-22(25-14-11-17-7-3-4-8-19(17)25)16-31-23(28)18-9-10-20(21(15-18)26(29)30)24-12-5-1-2-6-13-24/h3-4,7-10,15H,1-2,5-6,11-14,16H2. The first-order chi connectivity index (χ1) is 15.0. The minimum atomic E-state index is -0.744. The second-order valence-electron chi connectivity index (χ2n) is 7.86. The van der Waals surface area contributed by atoms with E-state index in [0.717, 1.165) is 56.4 Å². The summed E-state index contributed by atoms with van der Waals surface area (Å²) < 4.78 is 5.19. The Balaban J connectivity index is 1.44. The summed E-state index contributed by atoms with van der Waals surface area (Å²) in [5.74, 6) is -1.06. The molecule has 0 radical (unpaired) electrons. The second kappa shape index (κ2) is 9.16. The number of ether oxygens (including phenoxy) is 1. The Hall–Kier alpha value is -3.42. The molecular formula is C23H25N3O5. The molecule has 0 atom stereocenters. The van der Waals surface area contributed by atoms with Crippen molar-refractivity contribution in [2.45, 2.75) is 32.1 Å². The molecule has 0 N–H and O–H groups in total. The van der Waals surface area contributed by atoms with Crippen molar-refractivity contribution < 1.29 is 19.2 Å². The summed E-state index contributed by atoms with van der Waals surface area (Å²) >= 11 is 0. The number of nitro groups is 1. The maximum atomic E-state index is 12.5. The molecule has 2 aromatic carbocycles. The van der Waals surface area contributed by atoms with Gasteiger partial charge in [0, 0.05) is 31.4 Å². The molecule has 0 aliphatic carbocycles. The molecule has 1 fully saturated rings. The third kappa shape index (κ3) is 4.52. The lowest BCUT2D eigenvalue weighted by atomic mass is 10.1. The lowest BCUT2D eigenvalue weighted by Crippen LogP contribution is -2.33. The number of nitro benzene ring substituents is 1. The van der Waals surface area contributed by atoms with Crippen LogP contribution >= 0.6 is 0 Å². The summed E-state index contributed by atoms with van der Waals surface area (Å²) in [6.07, 6.45) is 4.97. The van der Waals surface area contributed by atoms with Gasteiger partial charge in [0.1, 0.15) is 5.69 Å². The van der Waals surface area contributed by atoms with E-state index in [9.17, 15) is 19.7 Å². The molecule has 0 unspecified atom stereocenters. The molecule has 8 nitrogen and oxygen atoms in total. The minimum Gasteiger partial charge on any atom is -0.452 e. The Morgan fingerprint density at radius 2 is 1.71 bits per heavy atom. The fourth-order valence-electron chi connectivity index (χ4n) is 4.26. The van der Waals surface area contributed by atoms with Crippen molar-refractivity contribution in [2.24, 2.45) is 0 Å². The highest BCUT2D eigenvalue weighted by Gasteiger charge is 2.26. The molecule has 2 heterocycles. The van der Waals surface area contributed by atoms with Crippen molar-refractivity contribution >= 4 is 28.9 Å². The number of esters is 1. The van der Waals surface area contributed by atoms with E-state index in [1.165, 1.54) is 12.1 Å². The average molecular weight is 423 g/mol. The van der Waals surface area contributed by atoms with E-state index in [-0.39, 0.29) is 17.2 Å². The number of fused-ring (bicyclic) bond motifs is 1. The maximum Gasteiger partial charge on any atom is 0.338 e. The lowest BCUT2D eigenvalue weighted by Gasteiger charge is -2.22. The normalized spacial score (nSPS) is 15.9. The lowest BCUT2D eigenvalue weighted by molar-refractivity contribution is -0.384. The Morgan fingerprint density at radius 1 is 0.968 bits per heavy atom. The topological polar surface area (TPSA) is 93.0 Å². The van der Waals surface area contributed by atoms with Gasteiger partial charge in [-0.15, -0.1) is 0 Å². The summed E-state index contributed by atoms with van der Waals surface area (Å²) in [4.78, 5) is 39.8. The van der Waals surface area contributed by atoms with Crippen LogP contribution in [0.3, 0.4) is 0 Å². The Bertz CT molecular complexity index is 998. The molecule has 0 aromatic heterocycles. The molecule has 162 valence electrons. The number of hydrogen-bond donors (Lipinski definition) is 0. The summed E-state index contributed by atoms with van der Waals surface area (Å²) in [5, 5.41) is 11.6. The molecule has 0 bridgehead atoms. The number of amides is 1. The third-order valence-electron chi connectivity index (χ3n) is 5.87. The van der Waals surface area contributed by atoms with Crippen LogP contribution in [0.25, 0.3) is 0 Å². The van der Waals surface area contributed by atoms with Gasteiger partial charge in [-0.1, -0.05) is 31.0 Å². The highest BCUT2D eigenvalue weighted by atomic mass is 16.6.